The van der Waals surface area contributed by atoms with Crippen LogP contribution in [0.5, 0.6) is 0 Å². The van der Waals surface area contributed by atoms with Gasteiger partial charge in [0.2, 0.25) is 5.13 Å². The highest BCUT2D eigenvalue weighted by molar-refractivity contribution is 7.93. The molecule has 5 N–H and O–H groups in total. The molecule has 170 valence electrons. The minimum absolute atomic E-state index is 0.0315. The lowest BCUT2D eigenvalue weighted by molar-refractivity contribution is 0.297. The van der Waals surface area contributed by atoms with E-state index in [1.54, 1.807) is 0 Å². The fourth-order valence-corrected chi connectivity index (χ4v) is 6.28. The summed E-state index contributed by atoms with van der Waals surface area (Å²) < 4.78 is 59.7. The van der Waals surface area contributed by atoms with Gasteiger partial charge in [-0.15, -0.1) is 0 Å². The summed E-state index contributed by atoms with van der Waals surface area (Å²) in [5.74, 6) is -1.21. The predicted molar refractivity (Wildman–Crippen MR) is 115 cm³/mol. The molecule has 2 aromatic rings. The van der Waals surface area contributed by atoms with Crippen molar-refractivity contribution in [2.45, 2.75) is 55.6 Å². The smallest absolute Gasteiger partial charge is 0.266 e. The van der Waals surface area contributed by atoms with Crippen molar-refractivity contribution in [2.75, 3.05) is 16.6 Å². The fourth-order valence-electron chi connectivity index (χ4n) is 4.54. The highest BCUT2D eigenvalue weighted by Crippen LogP contribution is 2.38. The largest absolute Gasteiger partial charge is 0.382 e. The van der Waals surface area contributed by atoms with E-state index in [0.29, 0.717) is 30.6 Å². The lowest BCUT2D eigenvalue weighted by Crippen LogP contribution is -2.42. The molecule has 1 aliphatic heterocycles. The van der Waals surface area contributed by atoms with E-state index in [0.717, 1.165) is 30.3 Å². The van der Waals surface area contributed by atoms with Crippen LogP contribution in [0, 0.1) is 23.5 Å². The zero-order chi connectivity index (χ0) is 22.2. The van der Waals surface area contributed by atoms with Gasteiger partial charge in [-0.2, -0.15) is 4.37 Å². The molecule has 12 heteroatoms. The number of aromatic nitrogens is 2. The van der Waals surface area contributed by atoms with Gasteiger partial charge in [-0.05, 0) is 50.5 Å². The van der Waals surface area contributed by atoms with E-state index in [1.807, 2.05) is 6.92 Å². The molecule has 1 saturated heterocycles. The Morgan fingerprint density at radius 3 is 2.74 bits per heavy atom. The van der Waals surface area contributed by atoms with E-state index in [1.165, 1.54) is 19.3 Å². The second-order valence-electron chi connectivity index (χ2n) is 8.39. The minimum Gasteiger partial charge on any atom is -0.382 e. The Morgan fingerprint density at radius 1 is 1.32 bits per heavy atom. The molecule has 1 aromatic heterocycles. The van der Waals surface area contributed by atoms with Gasteiger partial charge in [0.25, 0.3) is 10.0 Å². The van der Waals surface area contributed by atoms with Gasteiger partial charge in [0.1, 0.15) is 22.9 Å². The quantitative estimate of drug-likeness (QED) is 0.442. The third-order valence-electron chi connectivity index (χ3n) is 6.24. The molecule has 1 saturated carbocycles. The Balaban J connectivity index is 1.44. The minimum atomic E-state index is -4.33. The Kier molecular flexibility index (Phi) is 6.42. The molecule has 2 aliphatic rings. The summed E-state index contributed by atoms with van der Waals surface area (Å²) in [4.78, 5) is 2.90. The van der Waals surface area contributed by atoms with Crippen molar-refractivity contribution in [3.63, 3.8) is 0 Å². The summed E-state index contributed by atoms with van der Waals surface area (Å²) in [6, 6.07) is 2.39. The first kappa shape index (κ1) is 22.3. The molecular weight excluding hydrogens is 446 g/mol. The van der Waals surface area contributed by atoms with Gasteiger partial charge in [0, 0.05) is 42.3 Å². The molecule has 2 fully saturated rings. The number of nitrogens with one attached hydrogen (secondary N) is 3. The predicted octanol–water partition coefficient (Wildman–Crippen LogP) is 2.52. The molecule has 5 atom stereocenters. The van der Waals surface area contributed by atoms with Crippen LogP contribution in [0.4, 0.5) is 19.6 Å². The first-order valence-corrected chi connectivity index (χ1v) is 12.5. The number of anilines is 2. The zero-order valence-corrected chi connectivity index (χ0v) is 18.6. The number of sulfonamides is 1. The monoisotopic (exact) mass is 472 g/mol. The maximum atomic E-state index is 14.6. The Bertz CT molecular complexity index is 1020. The van der Waals surface area contributed by atoms with Crippen LogP contribution in [0.2, 0.25) is 0 Å². The van der Waals surface area contributed by atoms with Crippen molar-refractivity contribution >= 4 is 32.4 Å². The molecule has 0 amide bonds. The van der Waals surface area contributed by atoms with Gasteiger partial charge in [-0.1, -0.05) is 0 Å². The zero-order valence-electron chi connectivity index (χ0n) is 17.0. The Hall–Kier alpha value is -1.89. The third kappa shape index (κ3) is 4.97. The number of hydrogen-bond acceptors (Lipinski definition) is 8. The number of piperidine rings is 1. The van der Waals surface area contributed by atoms with Crippen LogP contribution < -0.4 is 21.1 Å². The van der Waals surface area contributed by atoms with Crippen molar-refractivity contribution in [1.82, 2.24) is 14.7 Å². The van der Waals surface area contributed by atoms with Gasteiger partial charge in [-0.3, -0.25) is 4.72 Å². The molecule has 1 aromatic carbocycles. The molecule has 8 nitrogen and oxygen atoms in total. The van der Waals surface area contributed by atoms with Gasteiger partial charge in [-0.25, -0.2) is 22.2 Å². The van der Waals surface area contributed by atoms with Crippen LogP contribution in [0.1, 0.15) is 32.6 Å². The summed E-state index contributed by atoms with van der Waals surface area (Å²) in [5, 5.41) is 6.52. The molecule has 0 spiro atoms. The van der Waals surface area contributed by atoms with E-state index in [-0.39, 0.29) is 22.8 Å². The topological polar surface area (TPSA) is 122 Å². The van der Waals surface area contributed by atoms with Gasteiger partial charge >= 0.3 is 0 Å². The van der Waals surface area contributed by atoms with E-state index < -0.39 is 26.6 Å². The fraction of sp³-hybridized carbons (Fsp3) is 0.579. The molecule has 2 heterocycles. The average molecular weight is 473 g/mol. The van der Waals surface area contributed by atoms with Crippen LogP contribution in [-0.2, 0) is 10.0 Å². The third-order valence-corrected chi connectivity index (χ3v) is 8.30. The van der Waals surface area contributed by atoms with Crippen molar-refractivity contribution in [2.24, 2.45) is 17.6 Å². The SMILES string of the molecule is C[C@@H](N)C(CNc1cc(F)c(S(=O)(=O)Nc2ncns2)cc1F)CC1NC2CCC1C2. The van der Waals surface area contributed by atoms with Gasteiger partial charge in [0.05, 0.1) is 5.69 Å². The molecule has 0 radical (unpaired) electrons. The highest BCUT2D eigenvalue weighted by atomic mass is 32.2. The van der Waals surface area contributed by atoms with Gasteiger partial charge < -0.3 is 16.4 Å². The highest BCUT2D eigenvalue weighted by Gasteiger charge is 2.40. The first-order chi connectivity index (χ1) is 14.7. The number of nitrogens with zero attached hydrogens (tertiary/aromatic N) is 2. The Morgan fingerprint density at radius 2 is 2.13 bits per heavy atom. The van der Waals surface area contributed by atoms with E-state index in [2.05, 4.69) is 24.7 Å². The molecular formula is C19H26F2N6O2S2. The number of nitrogens with two attached hydrogens (primary N) is 1. The van der Waals surface area contributed by atoms with Crippen molar-refractivity contribution < 1.29 is 17.2 Å². The molecule has 4 unspecified atom stereocenters. The summed E-state index contributed by atoms with van der Waals surface area (Å²) >= 11 is 0.792. The van der Waals surface area contributed by atoms with Crippen molar-refractivity contribution in [1.29, 1.82) is 0 Å². The summed E-state index contributed by atoms with van der Waals surface area (Å²) in [5.41, 5.74) is 6.06. The van der Waals surface area contributed by atoms with Crippen molar-refractivity contribution in [3.05, 3.63) is 30.1 Å². The summed E-state index contributed by atoms with van der Waals surface area (Å²) in [6.45, 7) is 2.27. The van der Waals surface area contributed by atoms with Crippen LogP contribution in [0.15, 0.2) is 23.4 Å². The average Bonchev–Trinajstić information content (AvgIpc) is 3.45. The lowest BCUT2D eigenvalue weighted by Gasteiger charge is -2.30. The standard InChI is InChI=1S/C19H26F2N6O2S2/c1-10(22)12(5-16-11-2-3-13(4-11)26-16)8-23-17-6-15(21)18(7-14(17)20)31(28,29)27-19-24-9-25-30-19/h6-7,9-13,16,23,26H,2-5,8,22H2,1H3,(H,24,25,27)/t10-,11?,12?,13?,16?/m1/s1. The number of rotatable bonds is 9. The maximum absolute atomic E-state index is 14.6. The molecule has 1 aliphatic carbocycles. The molecule has 31 heavy (non-hydrogen) atoms. The number of fused-ring (bicyclic) bond motifs is 2. The summed E-state index contributed by atoms with van der Waals surface area (Å²) in [7, 11) is -4.33. The molecule has 4 rings (SSSR count). The van der Waals surface area contributed by atoms with E-state index >= 15 is 0 Å². The number of benzene rings is 1. The normalized spacial score (nSPS) is 24.8. The van der Waals surface area contributed by atoms with Crippen LogP contribution in [-0.4, -0.2) is 42.4 Å². The number of hydrogen-bond donors (Lipinski definition) is 4. The van der Waals surface area contributed by atoms with E-state index in [9.17, 15) is 17.2 Å². The van der Waals surface area contributed by atoms with Crippen LogP contribution in [0.3, 0.4) is 0 Å². The maximum Gasteiger partial charge on any atom is 0.266 e. The van der Waals surface area contributed by atoms with Crippen LogP contribution in [0.25, 0.3) is 0 Å². The Labute approximate surface area is 184 Å². The van der Waals surface area contributed by atoms with Crippen LogP contribution >= 0.6 is 11.5 Å². The number of halogens is 2. The second-order valence-corrected chi connectivity index (χ2v) is 10.8. The van der Waals surface area contributed by atoms with Gasteiger partial charge in [0.15, 0.2) is 0 Å². The molecule has 2 bridgehead atoms. The van der Waals surface area contributed by atoms with Crippen molar-refractivity contribution in [3.8, 4) is 0 Å². The first-order valence-electron chi connectivity index (χ1n) is 10.3. The lowest BCUT2D eigenvalue weighted by atomic mass is 9.87. The summed E-state index contributed by atoms with van der Waals surface area (Å²) in [6.07, 6.45) is 5.66. The second kappa shape index (κ2) is 8.93. The van der Waals surface area contributed by atoms with E-state index in [4.69, 9.17) is 5.73 Å².